The van der Waals surface area contributed by atoms with Crippen molar-refractivity contribution in [3.63, 3.8) is 0 Å². The first-order valence-electron chi connectivity index (χ1n) is 13.2. The minimum atomic E-state index is -0.397. The number of rotatable bonds is 5. The number of para-hydroxylation sites is 1. The first-order chi connectivity index (χ1) is 18.0. The smallest absolute Gasteiger partial charge is 0.253 e. The molecule has 1 atom stereocenters. The third kappa shape index (κ3) is 4.31. The molecule has 1 aliphatic heterocycles. The van der Waals surface area contributed by atoms with Gasteiger partial charge in [0.1, 0.15) is 11.9 Å². The summed E-state index contributed by atoms with van der Waals surface area (Å²) in [5.74, 6) is 0.496. The van der Waals surface area contributed by atoms with Gasteiger partial charge in [0.2, 0.25) is 0 Å². The fourth-order valence-electron chi connectivity index (χ4n) is 6.01. The number of pyridine rings is 1. The van der Waals surface area contributed by atoms with Gasteiger partial charge in [0.15, 0.2) is 5.82 Å². The summed E-state index contributed by atoms with van der Waals surface area (Å²) in [7, 11) is 0. The molecule has 2 aliphatic rings. The Balaban J connectivity index is 1.42. The Morgan fingerprint density at radius 3 is 2.49 bits per heavy atom. The van der Waals surface area contributed by atoms with E-state index in [1.165, 1.54) is 6.07 Å². The van der Waals surface area contributed by atoms with Gasteiger partial charge in [-0.25, -0.2) is 9.07 Å². The molecule has 0 amide bonds. The second-order valence-corrected chi connectivity index (χ2v) is 10.3. The molecule has 192 valence electrons. The highest BCUT2D eigenvalue weighted by Crippen LogP contribution is 2.35. The van der Waals surface area contributed by atoms with Gasteiger partial charge in [-0.2, -0.15) is 0 Å². The predicted molar refractivity (Wildman–Crippen MR) is 141 cm³/mol. The molecule has 2 aromatic heterocycles. The molecule has 2 fully saturated rings. The summed E-state index contributed by atoms with van der Waals surface area (Å²) >= 11 is 0. The highest BCUT2D eigenvalue weighted by molar-refractivity contribution is 5.85. The normalized spacial score (nSPS) is 18.1. The highest BCUT2D eigenvalue weighted by Gasteiger charge is 2.35. The monoisotopic (exact) mass is 501 g/mol. The van der Waals surface area contributed by atoms with Crippen molar-refractivity contribution in [3.05, 3.63) is 81.2 Å². The minimum absolute atomic E-state index is 0.122. The van der Waals surface area contributed by atoms with Gasteiger partial charge in [0.25, 0.3) is 5.56 Å². The molecule has 2 aromatic carbocycles. The molecule has 37 heavy (non-hydrogen) atoms. The molecule has 4 aromatic rings. The van der Waals surface area contributed by atoms with Gasteiger partial charge in [-0.05, 0) is 66.4 Å². The first kappa shape index (κ1) is 23.8. The van der Waals surface area contributed by atoms with E-state index in [-0.39, 0.29) is 17.4 Å². The quantitative estimate of drug-likeness (QED) is 0.439. The van der Waals surface area contributed by atoms with E-state index < -0.39 is 6.04 Å². The zero-order chi connectivity index (χ0) is 25.5. The second-order valence-electron chi connectivity index (χ2n) is 10.3. The molecule has 1 saturated carbocycles. The number of tetrazole rings is 1. The topological polar surface area (TPSA) is 82.9 Å². The summed E-state index contributed by atoms with van der Waals surface area (Å²) in [5, 5.41) is 14.0. The fourth-order valence-corrected chi connectivity index (χ4v) is 6.01. The lowest BCUT2D eigenvalue weighted by Gasteiger charge is -2.40. The van der Waals surface area contributed by atoms with Crippen LogP contribution in [-0.2, 0) is 0 Å². The van der Waals surface area contributed by atoms with Gasteiger partial charge in [-0.1, -0.05) is 37.1 Å². The molecule has 9 heteroatoms. The fraction of sp³-hybridized carbons (Fsp3) is 0.429. The van der Waals surface area contributed by atoms with Crippen LogP contribution in [0.15, 0.2) is 47.3 Å². The molecule has 1 N–H and O–H groups in total. The Morgan fingerprint density at radius 2 is 1.73 bits per heavy atom. The Bertz CT molecular complexity index is 1480. The van der Waals surface area contributed by atoms with E-state index in [4.69, 9.17) is 0 Å². The van der Waals surface area contributed by atoms with Crippen LogP contribution in [0.5, 0.6) is 0 Å². The summed E-state index contributed by atoms with van der Waals surface area (Å²) in [6.07, 6.45) is 4.40. The van der Waals surface area contributed by atoms with Gasteiger partial charge in [0.05, 0.1) is 17.2 Å². The maximum absolute atomic E-state index is 14.5. The number of halogens is 1. The van der Waals surface area contributed by atoms with Crippen molar-refractivity contribution >= 4 is 16.6 Å². The zero-order valence-corrected chi connectivity index (χ0v) is 21.3. The van der Waals surface area contributed by atoms with Crippen LogP contribution in [0.3, 0.4) is 0 Å². The molecule has 1 aliphatic carbocycles. The second kappa shape index (κ2) is 9.70. The average molecular weight is 502 g/mol. The van der Waals surface area contributed by atoms with Crippen molar-refractivity contribution < 1.29 is 4.39 Å². The van der Waals surface area contributed by atoms with E-state index in [2.05, 4.69) is 43.3 Å². The number of anilines is 1. The number of aromatic nitrogens is 5. The van der Waals surface area contributed by atoms with Crippen molar-refractivity contribution in [2.45, 2.75) is 51.6 Å². The van der Waals surface area contributed by atoms with Crippen LogP contribution < -0.4 is 10.5 Å². The molecular weight excluding hydrogens is 469 g/mol. The molecule has 8 nitrogen and oxygen atoms in total. The lowest BCUT2D eigenvalue weighted by atomic mass is 9.99. The lowest BCUT2D eigenvalue weighted by Crippen LogP contribution is -2.49. The van der Waals surface area contributed by atoms with Gasteiger partial charge in [-0.3, -0.25) is 9.69 Å². The largest absolute Gasteiger partial charge is 0.367 e. The summed E-state index contributed by atoms with van der Waals surface area (Å²) in [4.78, 5) is 21.1. The molecular formula is C28H32FN7O. The van der Waals surface area contributed by atoms with Crippen molar-refractivity contribution in [2.75, 3.05) is 31.1 Å². The Kier molecular flexibility index (Phi) is 6.24. The number of hydrogen-bond acceptors (Lipinski definition) is 6. The van der Waals surface area contributed by atoms with Crippen LogP contribution in [0.1, 0.15) is 60.3 Å². The van der Waals surface area contributed by atoms with Crippen LogP contribution >= 0.6 is 0 Å². The molecule has 1 saturated heterocycles. The summed E-state index contributed by atoms with van der Waals surface area (Å²) in [5.41, 5.74) is 4.15. The molecule has 0 radical (unpaired) electrons. The molecule has 0 spiro atoms. The number of hydrogen-bond donors (Lipinski definition) is 1. The van der Waals surface area contributed by atoms with Crippen molar-refractivity contribution in [3.8, 4) is 0 Å². The average Bonchev–Trinajstić information content (AvgIpc) is 3.60. The van der Waals surface area contributed by atoms with E-state index in [0.29, 0.717) is 43.3 Å². The number of benzene rings is 2. The van der Waals surface area contributed by atoms with Crippen LogP contribution in [0, 0.1) is 19.7 Å². The van der Waals surface area contributed by atoms with Gasteiger partial charge in [-0.15, -0.1) is 5.10 Å². The third-order valence-electron chi connectivity index (χ3n) is 8.07. The third-order valence-corrected chi connectivity index (χ3v) is 8.07. The zero-order valence-electron chi connectivity index (χ0n) is 21.3. The highest BCUT2D eigenvalue weighted by atomic mass is 19.1. The van der Waals surface area contributed by atoms with E-state index in [0.717, 1.165) is 47.7 Å². The standard InChI is InChI=1S/C28H32FN7O/c1-18-11-12-19(2)25-21(18)17-22(28(37)30-25)26(27-31-32-33-36(27)20-7-3-4-8-20)35-15-13-34(14-16-35)24-10-6-5-9-23(24)29/h5-6,9-12,17,20,26H,3-4,7-8,13-16H2,1-2H3,(H,30,37)/t26-/m0/s1. The van der Waals surface area contributed by atoms with Crippen molar-refractivity contribution in [1.29, 1.82) is 0 Å². The maximum Gasteiger partial charge on any atom is 0.253 e. The Hall–Kier alpha value is -3.59. The summed E-state index contributed by atoms with van der Waals surface area (Å²) < 4.78 is 16.4. The molecule has 3 heterocycles. The van der Waals surface area contributed by atoms with Crippen molar-refractivity contribution in [1.82, 2.24) is 30.1 Å². The predicted octanol–water partition coefficient (Wildman–Crippen LogP) is 4.30. The van der Waals surface area contributed by atoms with Crippen LogP contribution in [-0.4, -0.2) is 56.3 Å². The van der Waals surface area contributed by atoms with Crippen molar-refractivity contribution in [2.24, 2.45) is 0 Å². The Labute approximate surface area is 215 Å². The number of piperazine rings is 1. The molecule has 6 rings (SSSR count). The van der Waals surface area contributed by atoms with E-state index in [1.807, 2.05) is 35.9 Å². The molecule has 0 unspecified atom stereocenters. The number of aryl methyl sites for hydroxylation is 2. The summed E-state index contributed by atoms with van der Waals surface area (Å²) in [6.45, 7) is 6.67. The van der Waals surface area contributed by atoms with Crippen LogP contribution in [0.2, 0.25) is 0 Å². The first-order valence-corrected chi connectivity index (χ1v) is 13.2. The minimum Gasteiger partial charge on any atom is -0.367 e. The number of aromatic amines is 1. The van der Waals surface area contributed by atoms with Gasteiger partial charge in [0, 0.05) is 37.1 Å². The molecule has 0 bridgehead atoms. The Morgan fingerprint density at radius 1 is 1.00 bits per heavy atom. The number of fused-ring (bicyclic) bond motifs is 1. The van der Waals surface area contributed by atoms with Gasteiger partial charge < -0.3 is 9.88 Å². The number of H-pyrrole nitrogens is 1. The van der Waals surface area contributed by atoms with E-state index >= 15 is 0 Å². The van der Waals surface area contributed by atoms with Gasteiger partial charge >= 0.3 is 0 Å². The van der Waals surface area contributed by atoms with Crippen LogP contribution in [0.25, 0.3) is 10.9 Å². The van der Waals surface area contributed by atoms with E-state index in [9.17, 15) is 9.18 Å². The number of nitrogens with zero attached hydrogens (tertiary/aromatic N) is 6. The maximum atomic E-state index is 14.5. The number of nitrogens with one attached hydrogen (secondary N) is 1. The lowest BCUT2D eigenvalue weighted by molar-refractivity contribution is 0.196. The van der Waals surface area contributed by atoms with E-state index in [1.54, 1.807) is 6.07 Å². The SMILES string of the molecule is Cc1ccc(C)c2[nH]c(=O)c([C@@H](c3nnnn3C3CCCC3)N3CCN(c4ccccc4F)CC3)cc12. The summed E-state index contributed by atoms with van der Waals surface area (Å²) in [6, 6.07) is 12.9. The van der Waals surface area contributed by atoms with Crippen LogP contribution in [0.4, 0.5) is 10.1 Å².